The number of ketones is 2. The van der Waals surface area contributed by atoms with Crippen LogP contribution in [0.25, 0.3) is 0 Å². The van der Waals surface area contributed by atoms with Crippen molar-refractivity contribution in [2.45, 2.75) is 104 Å². The molecule has 1 heterocycles. The van der Waals surface area contributed by atoms with Crippen molar-refractivity contribution in [3.63, 3.8) is 0 Å². The summed E-state index contributed by atoms with van der Waals surface area (Å²) in [6.45, 7) is 17.5. The molecule has 28 heavy (non-hydrogen) atoms. The Labute approximate surface area is 173 Å². The molecule has 1 rings (SSSR count). The van der Waals surface area contributed by atoms with Crippen molar-refractivity contribution in [3.8, 4) is 0 Å². The first-order valence-electron chi connectivity index (χ1n) is 10.9. The summed E-state index contributed by atoms with van der Waals surface area (Å²) in [7, 11) is -1.74. The maximum absolute atomic E-state index is 12.2. The monoisotopic (exact) mass is 410 g/mol. The van der Waals surface area contributed by atoms with Crippen molar-refractivity contribution in [1.82, 2.24) is 0 Å². The minimum absolute atomic E-state index is 0.0473. The molecule has 0 saturated carbocycles. The van der Waals surface area contributed by atoms with Crippen LogP contribution in [0.3, 0.4) is 0 Å². The van der Waals surface area contributed by atoms with Gasteiger partial charge in [0.15, 0.2) is 14.1 Å². The van der Waals surface area contributed by atoms with Crippen molar-refractivity contribution < 1.29 is 18.8 Å². The summed E-state index contributed by atoms with van der Waals surface area (Å²) >= 11 is 0. The lowest BCUT2D eigenvalue weighted by Crippen LogP contribution is -2.42. The van der Waals surface area contributed by atoms with Crippen molar-refractivity contribution in [3.05, 3.63) is 12.2 Å². The molecule has 0 aromatic rings. The van der Waals surface area contributed by atoms with E-state index in [1.54, 1.807) is 6.08 Å². The summed E-state index contributed by atoms with van der Waals surface area (Å²) in [4.78, 5) is 23.8. The van der Waals surface area contributed by atoms with Crippen LogP contribution in [0.2, 0.25) is 18.1 Å². The van der Waals surface area contributed by atoms with Gasteiger partial charge in [0, 0.05) is 0 Å². The first-order chi connectivity index (χ1) is 12.9. The average molecular weight is 411 g/mol. The molecular weight excluding hydrogens is 368 g/mol. The molecule has 1 saturated heterocycles. The Bertz CT molecular complexity index is 547. The molecule has 0 aromatic carbocycles. The van der Waals surface area contributed by atoms with E-state index in [0.29, 0.717) is 18.9 Å². The first-order valence-corrected chi connectivity index (χ1v) is 13.8. The molecule has 0 aromatic heterocycles. The zero-order chi connectivity index (χ0) is 21.5. The molecule has 1 aliphatic heterocycles. The maximum Gasteiger partial charge on any atom is 0.192 e. The van der Waals surface area contributed by atoms with Crippen LogP contribution >= 0.6 is 0 Å². The van der Waals surface area contributed by atoms with Gasteiger partial charge in [-0.25, -0.2) is 0 Å². The Morgan fingerprint density at radius 1 is 1.14 bits per heavy atom. The van der Waals surface area contributed by atoms with Crippen LogP contribution in [-0.2, 0) is 18.8 Å². The summed E-state index contributed by atoms with van der Waals surface area (Å²) in [5.74, 6) is -0.304. The molecule has 4 nitrogen and oxygen atoms in total. The first kappa shape index (κ1) is 25.3. The van der Waals surface area contributed by atoms with E-state index in [2.05, 4.69) is 40.8 Å². The van der Waals surface area contributed by atoms with Crippen molar-refractivity contribution in [2.24, 2.45) is 11.8 Å². The summed E-state index contributed by atoms with van der Waals surface area (Å²) in [6, 6.07) is 0. The van der Waals surface area contributed by atoms with E-state index in [1.807, 2.05) is 13.0 Å². The third-order valence-corrected chi connectivity index (χ3v) is 11.0. The van der Waals surface area contributed by atoms with Crippen LogP contribution in [-0.4, -0.2) is 38.7 Å². The number of hydrogen-bond acceptors (Lipinski definition) is 4. The SMILES string of the molecule is CCC(/C=C\C(=O)C(CC)C(C)=O)C[C@H]1CC[C@@H](CO[Si](C)(C)C(C)(C)C)O1. The van der Waals surface area contributed by atoms with Gasteiger partial charge in [0.25, 0.3) is 0 Å². The predicted molar refractivity (Wildman–Crippen MR) is 118 cm³/mol. The van der Waals surface area contributed by atoms with Crippen molar-refractivity contribution >= 4 is 19.9 Å². The van der Waals surface area contributed by atoms with E-state index in [9.17, 15) is 9.59 Å². The molecule has 1 aliphatic rings. The highest BCUT2D eigenvalue weighted by Gasteiger charge is 2.38. The fourth-order valence-electron chi connectivity index (χ4n) is 3.35. The quantitative estimate of drug-likeness (QED) is 0.249. The average Bonchev–Trinajstić information content (AvgIpc) is 3.03. The van der Waals surface area contributed by atoms with Crippen LogP contribution < -0.4 is 0 Å². The molecule has 2 unspecified atom stereocenters. The summed E-state index contributed by atoms with van der Waals surface area (Å²) in [5, 5.41) is 0.214. The molecule has 0 aliphatic carbocycles. The predicted octanol–water partition coefficient (Wildman–Crippen LogP) is 5.71. The van der Waals surface area contributed by atoms with E-state index in [0.717, 1.165) is 25.7 Å². The zero-order valence-corrected chi connectivity index (χ0v) is 20.3. The normalized spacial score (nSPS) is 23.1. The van der Waals surface area contributed by atoms with Crippen LogP contribution in [0.1, 0.15) is 73.6 Å². The highest BCUT2D eigenvalue weighted by molar-refractivity contribution is 6.74. The number of ether oxygens (including phenoxy) is 1. The third kappa shape index (κ3) is 7.56. The van der Waals surface area contributed by atoms with Gasteiger partial charge in [0.2, 0.25) is 0 Å². The number of carbonyl (C=O) groups is 2. The molecule has 162 valence electrons. The van der Waals surface area contributed by atoms with Crippen LogP contribution in [0.4, 0.5) is 0 Å². The molecule has 1 fully saturated rings. The van der Waals surface area contributed by atoms with Gasteiger partial charge in [-0.05, 0) is 69.2 Å². The molecule has 4 atom stereocenters. The van der Waals surface area contributed by atoms with E-state index >= 15 is 0 Å². The van der Waals surface area contributed by atoms with Crippen molar-refractivity contribution in [2.75, 3.05) is 6.61 Å². The van der Waals surface area contributed by atoms with Gasteiger partial charge in [0.05, 0.1) is 24.7 Å². The lowest BCUT2D eigenvalue weighted by atomic mass is 9.93. The van der Waals surface area contributed by atoms with Crippen LogP contribution in [0, 0.1) is 11.8 Å². The van der Waals surface area contributed by atoms with Gasteiger partial charge in [-0.1, -0.05) is 40.7 Å². The number of allylic oxidation sites excluding steroid dienone is 2. The zero-order valence-electron chi connectivity index (χ0n) is 19.3. The Kier molecular flexibility index (Phi) is 9.78. The highest BCUT2D eigenvalue weighted by Crippen LogP contribution is 2.37. The van der Waals surface area contributed by atoms with E-state index in [1.165, 1.54) is 6.92 Å². The molecule has 0 bridgehead atoms. The fourth-order valence-corrected chi connectivity index (χ4v) is 4.38. The Balaban J connectivity index is 2.52. The molecule has 5 heteroatoms. The summed E-state index contributed by atoms with van der Waals surface area (Å²) in [5.41, 5.74) is 0. The lowest BCUT2D eigenvalue weighted by molar-refractivity contribution is -0.129. The van der Waals surface area contributed by atoms with Gasteiger partial charge < -0.3 is 9.16 Å². The molecule has 0 radical (unpaired) electrons. The van der Waals surface area contributed by atoms with Crippen LogP contribution in [0.5, 0.6) is 0 Å². The molecule has 0 N–H and O–H groups in total. The van der Waals surface area contributed by atoms with Gasteiger partial charge in [-0.2, -0.15) is 0 Å². The third-order valence-electron chi connectivity index (χ3n) is 6.50. The van der Waals surface area contributed by atoms with E-state index < -0.39 is 14.2 Å². The Morgan fingerprint density at radius 3 is 2.25 bits per heavy atom. The largest absolute Gasteiger partial charge is 0.414 e. The van der Waals surface area contributed by atoms with Gasteiger partial charge in [-0.15, -0.1) is 0 Å². The Hall–Kier alpha value is -0.783. The molecule has 0 amide bonds. The molecule has 0 spiro atoms. The smallest absolute Gasteiger partial charge is 0.192 e. The Morgan fingerprint density at radius 2 is 1.75 bits per heavy atom. The van der Waals surface area contributed by atoms with E-state index in [4.69, 9.17) is 9.16 Å². The number of rotatable bonds is 11. The van der Waals surface area contributed by atoms with Crippen LogP contribution in [0.15, 0.2) is 12.2 Å². The minimum Gasteiger partial charge on any atom is -0.414 e. The van der Waals surface area contributed by atoms with E-state index in [-0.39, 0.29) is 28.8 Å². The van der Waals surface area contributed by atoms with Gasteiger partial charge in [0.1, 0.15) is 5.78 Å². The lowest BCUT2D eigenvalue weighted by Gasteiger charge is -2.36. The second-order valence-electron chi connectivity index (χ2n) is 9.77. The second-order valence-corrected chi connectivity index (χ2v) is 14.6. The van der Waals surface area contributed by atoms with Crippen molar-refractivity contribution in [1.29, 1.82) is 0 Å². The number of hydrogen-bond donors (Lipinski definition) is 0. The summed E-state index contributed by atoms with van der Waals surface area (Å²) in [6.07, 6.45) is 8.57. The number of carbonyl (C=O) groups excluding carboxylic acids is 2. The summed E-state index contributed by atoms with van der Waals surface area (Å²) < 4.78 is 12.6. The van der Waals surface area contributed by atoms with Gasteiger partial charge in [-0.3, -0.25) is 9.59 Å². The van der Waals surface area contributed by atoms with Gasteiger partial charge >= 0.3 is 0 Å². The topological polar surface area (TPSA) is 52.6 Å². The molecular formula is C23H42O4Si. The number of Topliss-reactive ketones (excluding diaryl/α,β-unsaturated/α-hetero) is 1. The minimum atomic E-state index is -1.74. The standard InChI is InChI=1S/C23H42O4Si/c1-9-18(11-14-22(25)21(10-2)17(3)24)15-19-12-13-20(27-19)16-26-28(7,8)23(4,5)6/h11,14,18-21H,9-10,12-13,15-16H2,1-8H3/b14-11-/t18?,19-,20+,21?/m1/s1. The fraction of sp³-hybridized carbons (Fsp3) is 0.826. The maximum atomic E-state index is 12.2. The second kappa shape index (κ2) is 10.8. The highest BCUT2D eigenvalue weighted by atomic mass is 28.4.